The van der Waals surface area contributed by atoms with Crippen LogP contribution in [0.2, 0.25) is 0 Å². The van der Waals surface area contributed by atoms with Crippen LogP contribution in [0.5, 0.6) is 11.9 Å². The number of nitrogens with zero attached hydrogens (tertiary/aromatic N) is 5. The highest BCUT2D eigenvalue weighted by atomic mass is 19.4. The van der Waals surface area contributed by atoms with Crippen LogP contribution in [0.25, 0.3) is 0 Å². The maximum atomic E-state index is 12.8. The predicted molar refractivity (Wildman–Crippen MR) is 122 cm³/mol. The summed E-state index contributed by atoms with van der Waals surface area (Å²) in [4.78, 5) is 14.5. The van der Waals surface area contributed by atoms with Crippen LogP contribution in [0.4, 0.5) is 19.0 Å². The van der Waals surface area contributed by atoms with Gasteiger partial charge in [-0.3, -0.25) is 4.98 Å². The molecule has 0 fully saturated rings. The summed E-state index contributed by atoms with van der Waals surface area (Å²) >= 11 is 0. The summed E-state index contributed by atoms with van der Waals surface area (Å²) in [6, 6.07) is 15.5. The largest absolute Gasteiger partial charge is 0.467 e. The van der Waals surface area contributed by atoms with Crippen molar-refractivity contribution in [1.82, 2.24) is 15.0 Å². The van der Waals surface area contributed by atoms with Crippen LogP contribution in [0.15, 0.2) is 48.7 Å². The number of hydrogen-bond acceptors (Lipinski definition) is 7. The summed E-state index contributed by atoms with van der Waals surface area (Å²) in [5.41, 5.74) is 3.15. The summed E-state index contributed by atoms with van der Waals surface area (Å²) in [6.07, 6.45) is -0.185. The van der Waals surface area contributed by atoms with Crippen LogP contribution < -0.4 is 14.4 Å². The number of anilines is 1. The van der Waals surface area contributed by atoms with Gasteiger partial charge in [-0.25, -0.2) is 0 Å². The van der Waals surface area contributed by atoms with Gasteiger partial charge in [0.2, 0.25) is 5.88 Å². The first-order chi connectivity index (χ1) is 16.9. The molecule has 7 nitrogen and oxygen atoms in total. The van der Waals surface area contributed by atoms with Crippen molar-refractivity contribution in [3.63, 3.8) is 0 Å². The predicted octanol–water partition coefficient (Wildman–Crippen LogP) is 4.30. The molecule has 0 amide bonds. The lowest BCUT2D eigenvalue weighted by Gasteiger charge is -2.23. The zero-order chi connectivity index (χ0) is 24.7. The molecule has 1 aliphatic rings. The first kappa shape index (κ1) is 24.3. The van der Waals surface area contributed by atoms with Crippen molar-refractivity contribution in [2.24, 2.45) is 0 Å². The van der Waals surface area contributed by atoms with Crippen molar-refractivity contribution < 1.29 is 22.6 Å². The number of aromatic nitrogens is 3. The molecule has 0 saturated carbocycles. The molecule has 0 aliphatic carbocycles. The monoisotopic (exact) mass is 483 g/mol. The highest BCUT2D eigenvalue weighted by molar-refractivity contribution is 5.60. The second-order valence-electron chi connectivity index (χ2n) is 8.05. The van der Waals surface area contributed by atoms with E-state index in [1.165, 1.54) is 11.1 Å². The van der Waals surface area contributed by atoms with E-state index in [0.29, 0.717) is 38.8 Å². The molecular weight excluding hydrogens is 459 g/mol. The van der Waals surface area contributed by atoms with E-state index < -0.39 is 18.7 Å². The summed E-state index contributed by atoms with van der Waals surface area (Å²) in [5, 5.41) is 9.77. The zero-order valence-electron chi connectivity index (χ0n) is 19.0. The van der Waals surface area contributed by atoms with Gasteiger partial charge in [-0.05, 0) is 48.9 Å². The van der Waals surface area contributed by atoms with Crippen LogP contribution in [0.1, 0.15) is 28.8 Å². The molecule has 4 rings (SSSR count). The molecule has 0 unspecified atom stereocenters. The molecular formula is C25H24F3N5O2. The Kier molecular flexibility index (Phi) is 7.65. The van der Waals surface area contributed by atoms with Gasteiger partial charge in [0.1, 0.15) is 6.07 Å². The summed E-state index contributed by atoms with van der Waals surface area (Å²) < 4.78 is 49.1. The van der Waals surface area contributed by atoms with Gasteiger partial charge in [-0.1, -0.05) is 30.3 Å². The highest BCUT2D eigenvalue weighted by Gasteiger charge is 2.31. The van der Waals surface area contributed by atoms with E-state index in [1.54, 1.807) is 6.20 Å². The van der Waals surface area contributed by atoms with Crippen LogP contribution in [-0.2, 0) is 19.3 Å². The molecule has 0 spiro atoms. The maximum absolute atomic E-state index is 12.8. The number of rotatable bonds is 8. The van der Waals surface area contributed by atoms with E-state index in [4.69, 9.17) is 9.47 Å². The Morgan fingerprint density at radius 3 is 2.31 bits per heavy atom. The number of fused-ring (bicyclic) bond motifs is 1. The normalized spacial score (nSPS) is 13.5. The summed E-state index contributed by atoms with van der Waals surface area (Å²) in [6.45, 7) is -0.254. The fourth-order valence-electron chi connectivity index (χ4n) is 3.90. The number of benzene rings is 1. The van der Waals surface area contributed by atoms with Gasteiger partial charge < -0.3 is 14.4 Å². The van der Waals surface area contributed by atoms with Crippen LogP contribution in [0.3, 0.4) is 0 Å². The molecule has 0 saturated heterocycles. The molecule has 35 heavy (non-hydrogen) atoms. The van der Waals surface area contributed by atoms with Crippen molar-refractivity contribution in [3.05, 3.63) is 71.0 Å². The van der Waals surface area contributed by atoms with E-state index in [1.807, 2.05) is 41.3 Å². The third kappa shape index (κ3) is 6.59. The van der Waals surface area contributed by atoms with Crippen molar-refractivity contribution in [2.75, 3.05) is 31.2 Å². The average molecular weight is 483 g/mol. The Bertz CT molecular complexity index is 1150. The Morgan fingerprint density at radius 1 is 0.971 bits per heavy atom. The quantitative estimate of drug-likeness (QED) is 0.442. The first-order valence-corrected chi connectivity index (χ1v) is 11.3. The van der Waals surface area contributed by atoms with Gasteiger partial charge in [0.25, 0.3) is 0 Å². The second kappa shape index (κ2) is 11.0. The Morgan fingerprint density at radius 2 is 1.69 bits per heavy atom. The van der Waals surface area contributed by atoms with Gasteiger partial charge in [-0.15, -0.1) is 0 Å². The van der Waals surface area contributed by atoms with Crippen molar-refractivity contribution in [3.8, 4) is 18.0 Å². The number of ether oxygens (including phenoxy) is 2. The summed E-state index contributed by atoms with van der Waals surface area (Å²) in [5.74, 6) is -0.219. The summed E-state index contributed by atoms with van der Waals surface area (Å²) in [7, 11) is 0. The molecule has 3 aromatic rings. The average Bonchev–Trinajstić information content (AvgIpc) is 3.08. The molecule has 0 radical (unpaired) electrons. The minimum Gasteiger partial charge on any atom is -0.467 e. The lowest BCUT2D eigenvalue weighted by Crippen LogP contribution is -2.29. The van der Waals surface area contributed by atoms with Crippen LogP contribution >= 0.6 is 0 Å². The fourth-order valence-corrected chi connectivity index (χ4v) is 3.90. The Labute approximate surface area is 201 Å². The van der Waals surface area contributed by atoms with E-state index in [-0.39, 0.29) is 24.0 Å². The van der Waals surface area contributed by atoms with Crippen LogP contribution in [-0.4, -0.2) is 47.4 Å². The third-order valence-corrected chi connectivity index (χ3v) is 5.58. The number of aryl methyl sites for hydroxylation is 1. The van der Waals surface area contributed by atoms with E-state index >= 15 is 0 Å². The minimum absolute atomic E-state index is 0.126. The standard InChI is InChI=1S/C25H24F3N5O2/c26-25(27,28)17-35-23-21(16-29)22(33-13-10-18-6-1-2-7-19(18)11-14-33)31-24(32-23)34-15-5-9-20-8-3-4-12-30-20/h1-4,6-8,12H,5,9-11,13-15,17H2. The lowest BCUT2D eigenvalue weighted by atomic mass is 10.0. The highest BCUT2D eigenvalue weighted by Crippen LogP contribution is 2.31. The second-order valence-corrected chi connectivity index (χ2v) is 8.05. The molecule has 3 heterocycles. The topological polar surface area (TPSA) is 84.2 Å². The molecule has 1 aliphatic heterocycles. The fraction of sp³-hybridized carbons (Fsp3) is 0.360. The molecule has 0 bridgehead atoms. The Hall–Kier alpha value is -3.87. The number of hydrogen-bond donors (Lipinski definition) is 0. The van der Waals surface area contributed by atoms with Gasteiger partial charge in [0.15, 0.2) is 18.0 Å². The number of alkyl halides is 3. The number of nitriles is 1. The molecule has 10 heteroatoms. The van der Waals surface area contributed by atoms with Crippen LogP contribution in [0, 0.1) is 11.3 Å². The SMILES string of the molecule is N#Cc1c(OCC(F)(F)F)nc(OCCCc2ccccn2)nc1N1CCc2ccccc2CC1. The van der Waals surface area contributed by atoms with Crippen molar-refractivity contribution >= 4 is 5.82 Å². The Balaban J connectivity index is 1.55. The van der Waals surface area contributed by atoms with Gasteiger partial charge in [-0.2, -0.15) is 28.4 Å². The van der Waals surface area contributed by atoms with E-state index in [9.17, 15) is 18.4 Å². The molecule has 182 valence electrons. The lowest BCUT2D eigenvalue weighted by molar-refractivity contribution is -0.154. The third-order valence-electron chi connectivity index (χ3n) is 5.58. The van der Waals surface area contributed by atoms with E-state index in [2.05, 4.69) is 27.1 Å². The minimum atomic E-state index is -4.58. The van der Waals surface area contributed by atoms with Gasteiger partial charge in [0, 0.05) is 25.0 Å². The van der Waals surface area contributed by atoms with Gasteiger partial charge in [0.05, 0.1) is 6.61 Å². The zero-order valence-corrected chi connectivity index (χ0v) is 19.0. The number of halogens is 3. The smallest absolute Gasteiger partial charge is 0.422 e. The van der Waals surface area contributed by atoms with Crippen molar-refractivity contribution in [2.45, 2.75) is 31.9 Å². The van der Waals surface area contributed by atoms with E-state index in [0.717, 1.165) is 5.69 Å². The molecule has 2 aromatic heterocycles. The first-order valence-electron chi connectivity index (χ1n) is 11.3. The van der Waals surface area contributed by atoms with Gasteiger partial charge >= 0.3 is 12.2 Å². The maximum Gasteiger partial charge on any atom is 0.422 e. The molecule has 0 N–H and O–H groups in total. The molecule has 1 aromatic carbocycles. The van der Waals surface area contributed by atoms with Crippen molar-refractivity contribution in [1.29, 1.82) is 5.26 Å². The number of pyridine rings is 1. The molecule has 0 atom stereocenters.